The van der Waals surface area contributed by atoms with Crippen LogP contribution >= 0.6 is 7.60 Å². The first-order valence-electron chi connectivity index (χ1n) is 6.80. The Kier molecular flexibility index (Phi) is 4.67. The lowest BCUT2D eigenvalue weighted by molar-refractivity contribution is 0.219. The Morgan fingerprint density at radius 3 is 2.63 bits per heavy atom. The number of fused-ring (bicyclic) bond motifs is 1. The van der Waals surface area contributed by atoms with Crippen molar-refractivity contribution in [1.82, 2.24) is 0 Å². The van der Waals surface area contributed by atoms with E-state index in [0.717, 1.165) is 12.2 Å². The van der Waals surface area contributed by atoms with E-state index in [1.54, 1.807) is 0 Å². The molecule has 1 N–H and O–H groups in total. The Hall–Kier alpha value is -0.830. The van der Waals surface area contributed by atoms with E-state index < -0.39 is 7.60 Å². The summed E-state index contributed by atoms with van der Waals surface area (Å²) < 4.78 is 23.4. The van der Waals surface area contributed by atoms with E-state index in [4.69, 9.17) is 9.05 Å². The first-order valence-corrected chi connectivity index (χ1v) is 8.53. The van der Waals surface area contributed by atoms with E-state index in [-0.39, 0.29) is 5.92 Å². The maximum atomic E-state index is 12.6. The van der Waals surface area contributed by atoms with Crippen LogP contribution < -0.4 is 5.32 Å². The predicted octanol–water partition coefficient (Wildman–Crippen LogP) is 3.77. The first kappa shape index (κ1) is 14.6. The van der Waals surface area contributed by atoms with Crippen molar-refractivity contribution in [3.63, 3.8) is 0 Å². The molecule has 0 aliphatic carbocycles. The van der Waals surface area contributed by atoms with Gasteiger partial charge in [0.15, 0.2) is 0 Å². The van der Waals surface area contributed by atoms with Crippen LogP contribution in [-0.4, -0.2) is 25.9 Å². The van der Waals surface area contributed by atoms with Crippen LogP contribution in [0.25, 0.3) is 0 Å². The van der Waals surface area contributed by atoms with Crippen LogP contribution in [0.1, 0.15) is 30.9 Å². The maximum absolute atomic E-state index is 12.6. The monoisotopic (exact) mass is 283 g/mol. The van der Waals surface area contributed by atoms with Crippen LogP contribution in [-0.2, 0) is 13.6 Å². The van der Waals surface area contributed by atoms with Gasteiger partial charge in [0.2, 0.25) is 0 Å². The highest BCUT2D eigenvalue weighted by atomic mass is 31.2. The number of aryl methyl sites for hydroxylation is 1. The quantitative estimate of drug-likeness (QED) is 0.807. The molecule has 0 aromatic heterocycles. The Morgan fingerprint density at radius 2 is 2.00 bits per heavy atom. The number of nitrogens with one attached hydrogen (secondary N) is 1. The van der Waals surface area contributed by atoms with Crippen LogP contribution in [0.5, 0.6) is 0 Å². The van der Waals surface area contributed by atoms with E-state index >= 15 is 0 Å². The van der Waals surface area contributed by atoms with E-state index in [0.29, 0.717) is 19.4 Å². The van der Waals surface area contributed by atoms with Crippen molar-refractivity contribution in [3.8, 4) is 0 Å². The van der Waals surface area contributed by atoms with E-state index in [1.807, 2.05) is 13.8 Å². The minimum absolute atomic E-state index is 0.193. The van der Waals surface area contributed by atoms with Gasteiger partial charge in [0.05, 0.1) is 19.4 Å². The predicted molar refractivity (Wildman–Crippen MR) is 78.1 cm³/mol. The summed E-state index contributed by atoms with van der Waals surface area (Å²) in [6.07, 6.45) is 0.443. The molecule has 106 valence electrons. The fourth-order valence-electron chi connectivity index (χ4n) is 2.49. The van der Waals surface area contributed by atoms with Gasteiger partial charge >= 0.3 is 7.60 Å². The van der Waals surface area contributed by atoms with Crippen LogP contribution in [0.4, 0.5) is 5.69 Å². The molecule has 0 amide bonds. The Morgan fingerprint density at radius 1 is 1.32 bits per heavy atom. The molecule has 1 aromatic carbocycles. The summed E-state index contributed by atoms with van der Waals surface area (Å²) in [5.74, 6) is 0.193. The van der Waals surface area contributed by atoms with Gasteiger partial charge in [-0.15, -0.1) is 0 Å². The van der Waals surface area contributed by atoms with Gasteiger partial charge in [0, 0.05) is 18.2 Å². The summed E-state index contributed by atoms with van der Waals surface area (Å²) in [6.45, 7) is 7.38. The largest absolute Gasteiger partial charge is 0.384 e. The third-order valence-electron chi connectivity index (χ3n) is 3.28. The fraction of sp³-hybridized carbons (Fsp3) is 0.571. The van der Waals surface area contributed by atoms with Crippen LogP contribution in [0.2, 0.25) is 0 Å². The molecule has 0 saturated carbocycles. The second-order valence-electron chi connectivity index (χ2n) is 4.80. The molecule has 5 heteroatoms. The zero-order chi connectivity index (χ0) is 13.9. The van der Waals surface area contributed by atoms with Crippen molar-refractivity contribution in [2.24, 2.45) is 0 Å². The highest BCUT2D eigenvalue weighted by Crippen LogP contribution is 2.52. The average Bonchev–Trinajstić information content (AvgIpc) is 2.72. The topological polar surface area (TPSA) is 47.6 Å². The molecule has 1 unspecified atom stereocenters. The molecule has 1 aromatic rings. The van der Waals surface area contributed by atoms with Gasteiger partial charge in [-0.1, -0.05) is 17.7 Å². The summed E-state index contributed by atoms with van der Waals surface area (Å²) in [4.78, 5) is 0. The molecule has 2 rings (SSSR count). The normalized spacial score (nSPS) is 18.2. The summed E-state index contributed by atoms with van der Waals surface area (Å²) >= 11 is 0. The summed E-state index contributed by atoms with van der Waals surface area (Å²) in [5.41, 5.74) is 3.57. The van der Waals surface area contributed by atoms with Gasteiger partial charge in [-0.3, -0.25) is 4.57 Å². The van der Waals surface area contributed by atoms with Crippen molar-refractivity contribution >= 4 is 13.3 Å². The van der Waals surface area contributed by atoms with Crippen LogP contribution in [0.15, 0.2) is 18.2 Å². The standard InChI is InChI=1S/C14H22NO3P/c1-4-17-19(16,18-5-2)10-12-9-15-14-7-6-11(3)8-13(12)14/h6-8,12,15H,4-5,9-10H2,1-3H3. The maximum Gasteiger partial charge on any atom is 0.331 e. The van der Waals surface area contributed by atoms with Gasteiger partial charge in [0.25, 0.3) is 0 Å². The van der Waals surface area contributed by atoms with Crippen molar-refractivity contribution in [3.05, 3.63) is 29.3 Å². The lowest BCUT2D eigenvalue weighted by Gasteiger charge is -2.20. The third-order valence-corrected chi connectivity index (χ3v) is 5.47. The number of rotatable bonds is 6. The molecule has 0 radical (unpaired) electrons. The summed E-state index contributed by atoms with van der Waals surface area (Å²) in [6, 6.07) is 6.32. The number of hydrogen-bond acceptors (Lipinski definition) is 4. The average molecular weight is 283 g/mol. The van der Waals surface area contributed by atoms with Crippen LogP contribution in [0.3, 0.4) is 0 Å². The van der Waals surface area contributed by atoms with Gasteiger partial charge < -0.3 is 14.4 Å². The zero-order valence-electron chi connectivity index (χ0n) is 11.8. The van der Waals surface area contributed by atoms with Crippen molar-refractivity contribution < 1.29 is 13.6 Å². The van der Waals surface area contributed by atoms with E-state index in [9.17, 15) is 4.57 Å². The second-order valence-corrected chi connectivity index (χ2v) is 6.90. The van der Waals surface area contributed by atoms with Gasteiger partial charge in [0.1, 0.15) is 0 Å². The molecule has 1 atom stereocenters. The minimum atomic E-state index is -2.98. The Balaban J connectivity index is 2.17. The molecular formula is C14H22NO3P. The van der Waals surface area contributed by atoms with Gasteiger partial charge in [-0.05, 0) is 32.4 Å². The Bertz CT molecular complexity index is 480. The first-order chi connectivity index (χ1) is 9.08. The fourth-order valence-corrected chi connectivity index (χ4v) is 4.43. The van der Waals surface area contributed by atoms with Crippen molar-refractivity contribution in [1.29, 1.82) is 0 Å². The molecule has 4 nitrogen and oxygen atoms in total. The summed E-state index contributed by atoms with van der Waals surface area (Å²) in [5, 5.41) is 3.35. The third kappa shape index (κ3) is 3.38. The SMILES string of the molecule is CCOP(=O)(CC1CNc2ccc(C)cc21)OCC. The zero-order valence-corrected chi connectivity index (χ0v) is 12.7. The van der Waals surface area contributed by atoms with Crippen LogP contribution in [0, 0.1) is 6.92 Å². The Labute approximate surface area is 115 Å². The van der Waals surface area contributed by atoms with Crippen molar-refractivity contribution in [2.45, 2.75) is 26.7 Å². The molecule has 0 bridgehead atoms. The molecule has 0 fully saturated rings. The highest BCUT2D eigenvalue weighted by Gasteiger charge is 2.33. The van der Waals surface area contributed by atoms with Gasteiger partial charge in [-0.25, -0.2) is 0 Å². The highest BCUT2D eigenvalue weighted by molar-refractivity contribution is 7.53. The number of hydrogen-bond donors (Lipinski definition) is 1. The molecular weight excluding hydrogens is 261 g/mol. The smallest absolute Gasteiger partial charge is 0.331 e. The molecule has 0 spiro atoms. The number of anilines is 1. The molecule has 1 aliphatic heterocycles. The molecule has 1 heterocycles. The molecule has 0 saturated heterocycles. The lowest BCUT2D eigenvalue weighted by Crippen LogP contribution is -2.11. The van der Waals surface area contributed by atoms with E-state index in [1.165, 1.54) is 11.1 Å². The van der Waals surface area contributed by atoms with Crippen molar-refractivity contribution in [2.75, 3.05) is 31.2 Å². The van der Waals surface area contributed by atoms with E-state index in [2.05, 4.69) is 30.4 Å². The lowest BCUT2D eigenvalue weighted by atomic mass is 10.0. The number of benzene rings is 1. The van der Waals surface area contributed by atoms with Gasteiger partial charge in [-0.2, -0.15) is 0 Å². The molecule has 1 aliphatic rings. The minimum Gasteiger partial charge on any atom is -0.384 e. The summed E-state index contributed by atoms with van der Waals surface area (Å²) in [7, 11) is -2.98. The molecule has 19 heavy (non-hydrogen) atoms. The second kappa shape index (κ2) is 6.08.